The summed E-state index contributed by atoms with van der Waals surface area (Å²) in [5.74, 6) is -0.0214. The number of aromatic nitrogens is 3. The van der Waals surface area contributed by atoms with E-state index in [1.54, 1.807) is 11.0 Å². The molecule has 0 amide bonds. The van der Waals surface area contributed by atoms with Gasteiger partial charge in [0.25, 0.3) is 0 Å². The molecule has 0 fully saturated rings. The Bertz CT molecular complexity index is 1300. The van der Waals surface area contributed by atoms with Crippen molar-refractivity contribution in [3.05, 3.63) is 114 Å². The number of carbonyl (C=O) groups is 1. The van der Waals surface area contributed by atoms with Crippen LogP contribution in [0.2, 0.25) is 0 Å². The van der Waals surface area contributed by atoms with Crippen molar-refractivity contribution in [3.8, 4) is 16.8 Å². The zero-order valence-electron chi connectivity index (χ0n) is 16.5. The second-order valence-electron chi connectivity index (χ2n) is 6.88. The Labute approximate surface area is 183 Å². The maximum absolute atomic E-state index is 13.6. The molecule has 5 nitrogen and oxygen atoms in total. The van der Waals surface area contributed by atoms with Crippen molar-refractivity contribution in [2.24, 2.45) is 0 Å². The Kier molecular flexibility index (Phi) is 5.12. The molecule has 0 saturated heterocycles. The average molecular weight is 423 g/mol. The third-order valence-corrected chi connectivity index (χ3v) is 5.96. The van der Waals surface area contributed by atoms with Gasteiger partial charge in [0.1, 0.15) is 23.3 Å². The number of hydrogen-bond donors (Lipinski definition) is 1. The molecular weight excluding hydrogens is 404 g/mol. The van der Waals surface area contributed by atoms with Crippen molar-refractivity contribution in [2.45, 2.75) is 0 Å². The van der Waals surface area contributed by atoms with E-state index in [2.05, 4.69) is 15.4 Å². The second kappa shape index (κ2) is 8.38. The molecule has 150 valence electrons. The summed E-state index contributed by atoms with van der Waals surface area (Å²) in [6.07, 6.45) is 3.15. The molecule has 6 heteroatoms. The number of hydrogen-bond acceptors (Lipinski definition) is 5. The fraction of sp³-hybridized carbons (Fsp3) is 0. The van der Waals surface area contributed by atoms with Gasteiger partial charge in [0.05, 0.1) is 4.88 Å². The molecule has 5 rings (SSSR count). The minimum Gasteiger partial charge on any atom is -0.345 e. The summed E-state index contributed by atoms with van der Waals surface area (Å²) in [5, 5.41) is 8.69. The fourth-order valence-electron chi connectivity index (χ4n) is 3.46. The number of nitrogens with one attached hydrogen (secondary N) is 1. The van der Waals surface area contributed by atoms with E-state index in [9.17, 15) is 4.79 Å². The first-order chi connectivity index (χ1) is 15.3. The minimum absolute atomic E-state index is 0.0214. The second-order valence-corrected chi connectivity index (χ2v) is 7.90. The highest BCUT2D eigenvalue weighted by molar-refractivity contribution is 7.19. The van der Waals surface area contributed by atoms with Gasteiger partial charge in [-0.15, -0.1) is 11.3 Å². The quantitative estimate of drug-likeness (QED) is 0.343. The predicted octanol–water partition coefficient (Wildman–Crippen LogP) is 5.97. The van der Waals surface area contributed by atoms with Crippen LogP contribution in [0.25, 0.3) is 16.8 Å². The lowest BCUT2D eigenvalue weighted by Crippen LogP contribution is -2.03. The molecule has 1 N–H and O–H groups in total. The van der Waals surface area contributed by atoms with Gasteiger partial charge in [0.15, 0.2) is 0 Å². The van der Waals surface area contributed by atoms with Crippen LogP contribution in [0.15, 0.2) is 104 Å². The number of ketones is 1. The third kappa shape index (κ3) is 3.76. The molecule has 2 aromatic heterocycles. The van der Waals surface area contributed by atoms with E-state index in [-0.39, 0.29) is 5.78 Å². The van der Waals surface area contributed by atoms with Crippen LogP contribution in [0, 0.1) is 0 Å². The van der Waals surface area contributed by atoms with E-state index in [0.717, 1.165) is 27.5 Å². The maximum Gasteiger partial charge on any atom is 0.203 e. The zero-order valence-corrected chi connectivity index (χ0v) is 17.3. The Hall–Kier alpha value is -4.03. The van der Waals surface area contributed by atoms with Gasteiger partial charge in [-0.05, 0) is 17.7 Å². The Morgan fingerprint density at radius 2 is 1.48 bits per heavy atom. The number of carbonyl (C=O) groups excluding carboxylic acids is 1. The SMILES string of the molecule is O=C(c1ccccc1)c1sc(Nc2ccccc2)c(-n2cncn2)c1-c1ccccc1. The zero-order chi connectivity index (χ0) is 21.0. The number of benzene rings is 3. The molecule has 2 heterocycles. The molecule has 0 atom stereocenters. The normalized spacial score (nSPS) is 10.7. The van der Waals surface area contributed by atoms with Gasteiger partial charge in [-0.25, -0.2) is 9.67 Å². The molecule has 0 bridgehead atoms. The highest BCUT2D eigenvalue weighted by Crippen LogP contribution is 2.44. The molecule has 0 aliphatic heterocycles. The number of rotatable bonds is 6. The van der Waals surface area contributed by atoms with E-state index in [1.165, 1.54) is 17.7 Å². The summed E-state index contributed by atoms with van der Waals surface area (Å²) < 4.78 is 1.71. The number of para-hydroxylation sites is 1. The van der Waals surface area contributed by atoms with Crippen LogP contribution in [-0.2, 0) is 0 Å². The average Bonchev–Trinajstić information content (AvgIpc) is 3.48. The standard InChI is InChI=1S/C25H18N4OS/c30-23(19-12-6-2-7-13-19)24-21(18-10-4-1-5-11-18)22(29-17-26-16-27-29)25(31-24)28-20-14-8-3-9-15-20/h1-17,28H. The molecule has 0 radical (unpaired) electrons. The molecule has 0 aliphatic rings. The summed E-state index contributed by atoms with van der Waals surface area (Å²) in [7, 11) is 0. The van der Waals surface area contributed by atoms with Gasteiger partial charge in [0.2, 0.25) is 5.78 Å². The fourth-order valence-corrected chi connectivity index (χ4v) is 4.65. The van der Waals surface area contributed by atoms with Crippen molar-refractivity contribution in [2.75, 3.05) is 5.32 Å². The monoisotopic (exact) mass is 422 g/mol. The van der Waals surface area contributed by atoms with Crippen LogP contribution < -0.4 is 5.32 Å². The van der Waals surface area contributed by atoms with Gasteiger partial charge >= 0.3 is 0 Å². The van der Waals surface area contributed by atoms with Gasteiger partial charge in [-0.3, -0.25) is 4.79 Å². The third-order valence-electron chi connectivity index (χ3n) is 4.87. The summed E-state index contributed by atoms with van der Waals surface area (Å²) in [5.41, 5.74) is 4.17. The Morgan fingerprint density at radius 3 is 2.13 bits per heavy atom. The highest BCUT2D eigenvalue weighted by atomic mass is 32.1. The number of anilines is 2. The molecule has 3 aromatic carbocycles. The number of thiophene rings is 1. The van der Waals surface area contributed by atoms with Crippen molar-refractivity contribution in [3.63, 3.8) is 0 Å². The first-order valence-electron chi connectivity index (χ1n) is 9.80. The van der Waals surface area contributed by atoms with Gasteiger partial charge in [0, 0.05) is 16.8 Å². The summed E-state index contributed by atoms with van der Waals surface area (Å²) in [4.78, 5) is 18.4. The molecule has 5 aromatic rings. The maximum atomic E-state index is 13.6. The lowest BCUT2D eigenvalue weighted by Gasteiger charge is -2.10. The van der Waals surface area contributed by atoms with Gasteiger partial charge in [-0.2, -0.15) is 5.10 Å². The molecule has 0 unspecified atom stereocenters. The van der Waals surface area contributed by atoms with Crippen LogP contribution in [-0.4, -0.2) is 20.5 Å². The van der Waals surface area contributed by atoms with E-state index >= 15 is 0 Å². The summed E-state index contributed by atoms with van der Waals surface area (Å²) in [6, 6.07) is 29.2. The van der Waals surface area contributed by atoms with Crippen molar-refractivity contribution >= 4 is 27.8 Å². The largest absolute Gasteiger partial charge is 0.345 e. The molecular formula is C25H18N4OS. The minimum atomic E-state index is -0.0214. The topological polar surface area (TPSA) is 59.8 Å². The van der Waals surface area contributed by atoms with Gasteiger partial charge < -0.3 is 5.32 Å². The molecule has 31 heavy (non-hydrogen) atoms. The lowest BCUT2D eigenvalue weighted by molar-refractivity contribution is 0.104. The first kappa shape index (κ1) is 19.0. The van der Waals surface area contributed by atoms with Crippen LogP contribution in [0.4, 0.5) is 10.7 Å². The highest BCUT2D eigenvalue weighted by Gasteiger charge is 2.26. The Balaban J connectivity index is 1.75. The Morgan fingerprint density at radius 1 is 0.839 bits per heavy atom. The van der Waals surface area contributed by atoms with Crippen molar-refractivity contribution in [1.29, 1.82) is 0 Å². The van der Waals surface area contributed by atoms with Crippen molar-refractivity contribution in [1.82, 2.24) is 14.8 Å². The van der Waals surface area contributed by atoms with E-state index in [1.807, 2.05) is 91.0 Å². The molecule has 0 saturated carbocycles. The van der Waals surface area contributed by atoms with Crippen LogP contribution >= 0.6 is 11.3 Å². The van der Waals surface area contributed by atoms with Crippen LogP contribution in [0.5, 0.6) is 0 Å². The van der Waals surface area contributed by atoms with E-state index in [4.69, 9.17) is 0 Å². The van der Waals surface area contributed by atoms with E-state index in [0.29, 0.717) is 10.4 Å². The predicted molar refractivity (Wildman–Crippen MR) is 124 cm³/mol. The lowest BCUT2D eigenvalue weighted by atomic mass is 10.00. The summed E-state index contributed by atoms with van der Waals surface area (Å²) >= 11 is 1.43. The smallest absolute Gasteiger partial charge is 0.203 e. The van der Waals surface area contributed by atoms with Crippen molar-refractivity contribution < 1.29 is 4.79 Å². The summed E-state index contributed by atoms with van der Waals surface area (Å²) in [6.45, 7) is 0. The number of nitrogens with zero attached hydrogens (tertiary/aromatic N) is 3. The van der Waals surface area contributed by atoms with E-state index < -0.39 is 0 Å². The molecule has 0 spiro atoms. The van der Waals surface area contributed by atoms with Crippen LogP contribution in [0.3, 0.4) is 0 Å². The first-order valence-corrected chi connectivity index (χ1v) is 10.6. The molecule has 0 aliphatic carbocycles. The van der Waals surface area contributed by atoms with Crippen LogP contribution in [0.1, 0.15) is 15.2 Å². The van der Waals surface area contributed by atoms with Gasteiger partial charge in [-0.1, -0.05) is 78.9 Å².